The number of aryl methyl sites for hydroxylation is 2. The minimum absolute atomic E-state index is 0.00594. The van der Waals surface area contributed by atoms with Gasteiger partial charge in [0, 0.05) is 18.7 Å². The molecule has 3 aromatic rings. The van der Waals surface area contributed by atoms with Gasteiger partial charge >= 0.3 is 0 Å². The zero-order valence-electron chi connectivity index (χ0n) is 12.6. The number of nitrogens with one attached hydrogen (secondary N) is 1. The third-order valence-corrected chi connectivity index (χ3v) is 3.78. The van der Waals surface area contributed by atoms with Gasteiger partial charge in [0.05, 0.1) is 17.4 Å². The van der Waals surface area contributed by atoms with Gasteiger partial charge in [-0.05, 0) is 37.1 Å². The molecule has 0 bridgehead atoms. The summed E-state index contributed by atoms with van der Waals surface area (Å²) in [5, 5.41) is 2.98. The Kier molecular flexibility index (Phi) is 4.19. The molecule has 112 valence electrons. The number of imidazole rings is 1. The van der Waals surface area contributed by atoms with Crippen LogP contribution < -0.4 is 5.32 Å². The molecule has 0 aliphatic heterocycles. The summed E-state index contributed by atoms with van der Waals surface area (Å²) in [6.07, 6.45) is 2.73. The van der Waals surface area contributed by atoms with E-state index in [1.807, 2.05) is 55.7 Å². The third kappa shape index (κ3) is 3.01. The smallest absolute Gasteiger partial charge is 0.251 e. The average Bonchev–Trinajstić information content (AvgIpc) is 2.95. The van der Waals surface area contributed by atoms with Crippen molar-refractivity contribution in [2.75, 3.05) is 6.54 Å². The Hall–Kier alpha value is -2.62. The van der Waals surface area contributed by atoms with Crippen LogP contribution in [0.1, 0.15) is 22.3 Å². The maximum atomic E-state index is 12.1. The summed E-state index contributed by atoms with van der Waals surface area (Å²) in [5.41, 5.74) is 3.88. The van der Waals surface area contributed by atoms with E-state index in [4.69, 9.17) is 0 Å². The number of para-hydroxylation sites is 2. The lowest BCUT2D eigenvalue weighted by atomic mass is 10.1. The molecule has 0 fully saturated rings. The number of benzene rings is 2. The molecular formula is C18H19N3O. The number of aromatic nitrogens is 2. The summed E-state index contributed by atoms with van der Waals surface area (Å²) < 4.78 is 2.12. The number of rotatable bonds is 5. The fraction of sp³-hybridized carbons (Fsp3) is 0.222. The van der Waals surface area contributed by atoms with Crippen molar-refractivity contribution in [3.05, 3.63) is 66.0 Å². The van der Waals surface area contributed by atoms with Crippen LogP contribution in [0, 0.1) is 6.92 Å². The zero-order chi connectivity index (χ0) is 15.4. The summed E-state index contributed by atoms with van der Waals surface area (Å²) >= 11 is 0. The van der Waals surface area contributed by atoms with Gasteiger partial charge in [-0.2, -0.15) is 0 Å². The molecule has 0 aliphatic rings. The molecule has 0 unspecified atom stereocenters. The molecule has 2 aromatic carbocycles. The molecule has 0 atom stereocenters. The van der Waals surface area contributed by atoms with Crippen molar-refractivity contribution in [2.45, 2.75) is 19.9 Å². The van der Waals surface area contributed by atoms with Crippen LogP contribution in [0.3, 0.4) is 0 Å². The molecule has 1 N–H and O–H groups in total. The highest BCUT2D eigenvalue weighted by Crippen LogP contribution is 2.12. The number of hydrogen-bond acceptors (Lipinski definition) is 2. The molecule has 0 radical (unpaired) electrons. The van der Waals surface area contributed by atoms with Gasteiger partial charge in [0.2, 0.25) is 0 Å². The maximum absolute atomic E-state index is 12.1. The number of nitrogens with zero attached hydrogens (tertiary/aromatic N) is 2. The number of hydrogen-bond donors (Lipinski definition) is 1. The molecule has 1 heterocycles. The molecule has 1 amide bonds. The van der Waals surface area contributed by atoms with Gasteiger partial charge in [0.15, 0.2) is 0 Å². The first kappa shape index (κ1) is 14.3. The van der Waals surface area contributed by atoms with Gasteiger partial charge in [0.25, 0.3) is 5.91 Å². The Balaban J connectivity index is 1.54. The number of carbonyl (C=O) groups is 1. The molecule has 22 heavy (non-hydrogen) atoms. The third-order valence-electron chi connectivity index (χ3n) is 3.78. The first-order chi connectivity index (χ1) is 10.8. The van der Waals surface area contributed by atoms with E-state index in [2.05, 4.69) is 20.9 Å². The van der Waals surface area contributed by atoms with Crippen molar-refractivity contribution < 1.29 is 4.79 Å². The summed E-state index contributed by atoms with van der Waals surface area (Å²) in [6, 6.07) is 15.7. The average molecular weight is 293 g/mol. The predicted octanol–water partition coefficient (Wildman–Crippen LogP) is 3.16. The quantitative estimate of drug-likeness (QED) is 0.734. The van der Waals surface area contributed by atoms with E-state index in [-0.39, 0.29) is 5.91 Å². The molecular weight excluding hydrogens is 274 g/mol. The van der Waals surface area contributed by atoms with Crippen molar-refractivity contribution in [3.8, 4) is 0 Å². The van der Waals surface area contributed by atoms with E-state index in [0.29, 0.717) is 6.54 Å². The Morgan fingerprint density at radius 2 is 1.91 bits per heavy atom. The van der Waals surface area contributed by atoms with E-state index in [1.165, 1.54) is 0 Å². The Bertz CT molecular complexity index is 792. The monoisotopic (exact) mass is 293 g/mol. The van der Waals surface area contributed by atoms with E-state index in [1.54, 1.807) is 0 Å². The van der Waals surface area contributed by atoms with Gasteiger partial charge in [-0.3, -0.25) is 4.79 Å². The molecule has 0 saturated heterocycles. The summed E-state index contributed by atoms with van der Waals surface area (Å²) in [5.74, 6) is -0.00594. The molecule has 0 aliphatic carbocycles. The first-order valence-electron chi connectivity index (χ1n) is 7.49. The second-order valence-corrected chi connectivity index (χ2v) is 5.35. The number of carbonyl (C=O) groups excluding carboxylic acids is 1. The van der Waals surface area contributed by atoms with Gasteiger partial charge in [-0.15, -0.1) is 0 Å². The summed E-state index contributed by atoms with van der Waals surface area (Å²) in [6.45, 7) is 3.45. The Morgan fingerprint density at radius 3 is 2.77 bits per heavy atom. The first-order valence-corrected chi connectivity index (χ1v) is 7.49. The maximum Gasteiger partial charge on any atom is 0.251 e. The van der Waals surface area contributed by atoms with Crippen LogP contribution in [-0.2, 0) is 6.54 Å². The van der Waals surface area contributed by atoms with Crippen molar-refractivity contribution in [1.29, 1.82) is 0 Å². The van der Waals surface area contributed by atoms with Crippen molar-refractivity contribution in [2.24, 2.45) is 0 Å². The van der Waals surface area contributed by atoms with Crippen molar-refractivity contribution in [1.82, 2.24) is 14.9 Å². The lowest BCUT2D eigenvalue weighted by Crippen LogP contribution is -2.25. The lowest BCUT2D eigenvalue weighted by Gasteiger charge is -2.08. The Labute approximate surface area is 129 Å². The van der Waals surface area contributed by atoms with Crippen LogP contribution in [0.25, 0.3) is 11.0 Å². The van der Waals surface area contributed by atoms with Crippen molar-refractivity contribution in [3.63, 3.8) is 0 Å². The van der Waals surface area contributed by atoms with Crippen LogP contribution >= 0.6 is 0 Å². The number of fused-ring (bicyclic) bond motifs is 1. The summed E-state index contributed by atoms with van der Waals surface area (Å²) in [7, 11) is 0. The van der Waals surface area contributed by atoms with Crippen LogP contribution in [0.2, 0.25) is 0 Å². The lowest BCUT2D eigenvalue weighted by molar-refractivity contribution is 0.0952. The van der Waals surface area contributed by atoms with E-state index < -0.39 is 0 Å². The molecule has 0 spiro atoms. The van der Waals surface area contributed by atoms with Crippen LogP contribution in [0.4, 0.5) is 0 Å². The Morgan fingerprint density at radius 1 is 1.14 bits per heavy atom. The molecule has 3 rings (SSSR count). The highest BCUT2D eigenvalue weighted by molar-refractivity contribution is 5.95. The zero-order valence-corrected chi connectivity index (χ0v) is 12.6. The highest BCUT2D eigenvalue weighted by Gasteiger charge is 2.07. The van der Waals surface area contributed by atoms with Crippen molar-refractivity contribution >= 4 is 16.9 Å². The largest absolute Gasteiger partial charge is 0.352 e. The van der Waals surface area contributed by atoms with Gasteiger partial charge < -0.3 is 9.88 Å². The topological polar surface area (TPSA) is 46.9 Å². The van der Waals surface area contributed by atoms with Gasteiger partial charge in [-0.25, -0.2) is 4.98 Å². The van der Waals surface area contributed by atoms with Gasteiger partial charge in [-0.1, -0.05) is 30.3 Å². The second kappa shape index (κ2) is 6.43. The predicted molar refractivity (Wildman–Crippen MR) is 87.9 cm³/mol. The summed E-state index contributed by atoms with van der Waals surface area (Å²) in [4.78, 5) is 16.5. The molecule has 4 nitrogen and oxygen atoms in total. The fourth-order valence-electron chi connectivity index (χ4n) is 2.56. The van der Waals surface area contributed by atoms with E-state index >= 15 is 0 Å². The van der Waals surface area contributed by atoms with Crippen LogP contribution in [0.15, 0.2) is 54.9 Å². The van der Waals surface area contributed by atoms with E-state index in [0.717, 1.165) is 35.1 Å². The molecule has 4 heteroatoms. The minimum atomic E-state index is -0.00594. The second-order valence-electron chi connectivity index (χ2n) is 5.35. The standard InChI is InChI=1S/C18H19N3O/c1-14-7-2-3-8-15(14)18(22)19-11-6-12-21-13-20-16-9-4-5-10-17(16)21/h2-5,7-10,13H,6,11-12H2,1H3,(H,19,22). The highest BCUT2D eigenvalue weighted by atomic mass is 16.1. The van der Waals surface area contributed by atoms with Crippen LogP contribution in [0.5, 0.6) is 0 Å². The SMILES string of the molecule is Cc1ccccc1C(=O)NCCCn1cnc2ccccc21. The van der Waals surface area contributed by atoms with E-state index in [9.17, 15) is 4.79 Å². The molecule has 1 aromatic heterocycles. The molecule has 0 saturated carbocycles. The number of amides is 1. The van der Waals surface area contributed by atoms with Crippen LogP contribution in [-0.4, -0.2) is 22.0 Å². The minimum Gasteiger partial charge on any atom is -0.352 e. The normalized spacial score (nSPS) is 10.8. The fourth-order valence-corrected chi connectivity index (χ4v) is 2.56. The van der Waals surface area contributed by atoms with Gasteiger partial charge in [0.1, 0.15) is 0 Å².